The molecular formula is C18H17N7O2. The maximum absolute atomic E-state index is 5.99. The Hall–Kier alpha value is -3.75. The molecule has 136 valence electrons. The second-order valence-electron chi connectivity index (χ2n) is 5.91. The molecule has 0 spiro atoms. The fourth-order valence-corrected chi connectivity index (χ4v) is 2.59. The van der Waals surface area contributed by atoms with Crippen molar-refractivity contribution in [2.24, 2.45) is 0 Å². The Bertz CT molecular complexity index is 1080. The smallest absolute Gasteiger partial charge is 0.258 e. The van der Waals surface area contributed by atoms with E-state index in [9.17, 15) is 0 Å². The Labute approximate surface area is 154 Å². The van der Waals surface area contributed by atoms with E-state index in [1.54, 1.807) is 12.5 Å². The van der Waals surface area contributed by atoms with E-state index in [0.29, 0.717) is 17.5 Å². The lowest BCUT2D eigenvalue weighted by molar-refractivity contribution is 0.286. The molecule has 3 aromatic heterocycles. The van der Waals surface area contributed by atoms with Crippen LogP contribution in [0, 0.1) is 13.8 Å². The number of ether oxygens (including phenoxy) is 1. The van der Waals surface area contributed by atoms with Crippen LogP contribution in [-0.2, 0) is 6.61 Å². The molecule has 0 aliphatic heterocycles. The number of para-hydroxylation sites is 1. The van der Waals surface area contributed by atoms with E-state index in [2.05, 4.69) is 32.2 Å². The summed E-state index contributed by atoms with van der Waals surface area (Å²) in [5.74, 6) is 1.64. The molecule has 9 nitrogen and oxygen atoms in total. The highest BCUT2D eigenvalue weighted by Gasteiger charge is 2.18. The van der Waals surface area contributed by atoms with Gasteiger partial charge < -0.3 is 13.8 Å². The van der Waals surface area contributed by atoms with Gasteiger partial charge in [-0.2, -0.15) is 4.68 Å². The van der Waals surface area contributed by atoms with E-state index in [1.807, 2.05) is 48.9 Å². The molecule has 0 unspecified atom stereocenters. The van der Waals surface area contributed by atoms with Crippen LogP contribution < -0.4 is 4.74 Å². The van der Waals surface area contributed by atoms with Crippen molar-refractivity contribution in [2.75, 3.05) is 0 Å². The summed E-state index contributed by atoms with van der Waals surface area (Å²) in [6.07, 6.45) is 5.22. The van der Waals surface area contributed by atoms with Gasteiger partial charge in [-0.1, -0.05) is 23.9 Å². The molecule has 0 aliphatic carbocycles. The molecular weight excluding hydrogens is 346 g/mol. The second-order valence-corrected chi connectivity index (χ2v) is 5.91. The molecule has 0 fully saturated rings. The quantitative estimate of drug-likeness (QED) is 0.519. The van der Waals surface area contributed by atoms with Gasteiger partial charge in [0.25, 0.3) is 5.88 Å². The minimum absolute atomic E-state index is 0.153. The minimum Gasteiger partial charge on any atom is -0.485 e. The predicted octanol–water partition coefficient (Wildman–Crippen LogP) is 2.56. The Kier molecular flexibility index (Phi) is 4.25. The van der Waals surface area contributed by atoms with Crippen molar-refractivity contribution in [3.63, 3.8) is 0 Å². The van der Waals surface area contributed by atoms with Gasteiger partial charge in [0.2, 0.25) is 0 Å². The average Bonchev–Trinajstić information content (AvgIpc) is 3.43. The van der Waals surface area contributed by atoms with Crippen molar-refractivity contribution in [2.45, 2.75) is 20.5 Å². The molecule has 0 bridgehead atoms. The fraction of sp³-hybridized carbons (Fsp3) is 0.167. The van der Waals surface area contributed by atoms with Crippen molar-refractivity contribution in [1.82, 2.24) is 34.9 Å². The third kappa shape index (κ3) is 3.10. The number of tetrazole rings is 1. The monoisotopic (exact) mass is 363 g/mol. The van der Waals surface area contributed by atoms with Crippen molar-refractivity contribution in [3.05, 3.63) is 72.2 Å². The first-order chi connectivity index (χ1) is 13.1. The van der Waals surface area contributed by atoms with E-state index in [4.69, 9.17) is 9.26 Å². The summed E-state index contributed by atoms with van der Waals surface area (Å²) in [6.45, 7) is 8.04. The number of imidazole rings is 1. The zero-order valence-corrected chi connectivity index (χ0v) is 14.9. The first-order valence-electron chi connectivity index (χ1n) is 8.25. The summed E-state index contributed by atoms with van der Waals surface area (Å²) in [5.41, 5.74) is 3.26. The van der Waals surface area contributed by atoms with Crippen LogP contribution in [0.2, 0.25) is 0 Å². The van der Waals surface area contributed by atoms with Gasteiger partial charge in [-0.05, 0) is 36.4 Å². The van der Waals surface area contributed by atoms with Crippen molar-refractivity contribution in [3.8, 4) is 11.6 Å². The van der Waals surface area contributed by atoms with Crippen LogP contribution in [0.15, 0.2) is 54.1 Å². The highest BCUT2D eigenvalue weighted by atomic mass is 16.5. The lowest BCUT2D eigenvalue weighted by Gasteiger charge is -2.13. The number of nitrogens with zero attached hydrogens (tertiary/aromatic N) is 7. The molecule has 0 saturated carbocycles. The molecule has 1 aromatic carbocycles. The van der Waals surface area contributed by atoms with Gasteiger partial charge in [0.1, 0.15) is 5.75 Å². The molecule has 4 rings (SSSR count). The zero-order valence-electron chi connectivity index (χ0n) is 14.9. The summed E-state index contributed by atoms with van der Waals surface area (Å²) in [4.78, 5) is 4.06. The summed E-state index contributed by atoms with van der Waals surface area (Å²) >= 11 is 0. The van der Waals surface area contributed by atoms with Crippen LogP contribution in [0.5, 0.6) is 5.75 Å². The predicted molar refractivity (Wildman–Crippen MR) is 96.1 cm³/mol. The number of hydrogen-bond donors (Lipinski definition) is 0. The summed E-state index contributed by atoms with van der Waals surface area (Å²) in [6, 6.07) is 7.63. The highest BCUT2D eigenvalue weighted by molar-refractivity contribution is 5.68. The molecule has 0 saturated heterocycles. The van der Waals surface area contributed by atoms with Crippen molar-refractivity contribution < 1.29 is 9.26 Å². The fourth-order valence-electron chi connectivity index (χ4n) is 2.59. The van der Waals surface area contributed by atoms with Gasteiger partial charge in [0.05, 0.1) is 17.7 Å². The van der Waals surface area contributed by atoms with Gasteiger partial charge in [-0.15, -0.1) is 5.10 Å². The van der Waals surface area contributed by atoms with Gasteiger partial charge in [-0.3, -0.25) is 0 Å². The van der Waals surface area contributed by atoms with E-state index in [1.165, 1.54) is 4.68 Å². The van der Waals surface area contributed by atoms with Crippen LogP contribution in [0.1, 0.15) is 22.6 Å². The van der Waals surface area contributed by atoms with Crippen LogP contribution >= 0.6 is 0 Å². The lowest BCUT2D eigenvalue weighted by atomic mass is 10.1. The van der Waals surface area contributed by atoms with E-state index < -0.39 is 0 Å². The molecule has 9 heteroatoms. The summed E-state index contributed by atoms with van der Waals surface area (Å²) in [5, 5.41) is 15.7. The van der Waals surface area contributed by atoms with Crippen LogP contribution in [0.4, 0.5) is 0 Å². The first-order valence-corrected chi connectivity index (χ1v) is 8.25. The second kappa shape index (κ2) is 6.87. The third-order valence-electron chi connectivity index (χ3n) is 4.23. The molecule has 0 N–H and O–H groups in total. The number of hydrogen-bond acceptors (Lipinski definition) is 7. The van der Waals surface area contributed by atoms with E-state index in [0.717, 1.165) is 22.5 Å². The van der Waals surface area contributed by atoms with Gasteiger partial charge >= 0.3 is 0 Å². The number of aromatic nitrogens is 7. The Balaban J connectivity index is 1.58. The molecule has 4 aromatic rings. The maximum atomic E-state index is 5.99. The first kappa shape index (κ1) is 16.7. The van der Waals surface area contributed by atoms with Crippen molar-refractivity contribution >= 4 is 5.70 Å². The Morgan fingerprint density at radius 2 is 2.11 bits per heavy atom. The zero-order chi connectivity index (χ0) is 18.8. The minimum atomic E-state index is 0.153. The largest absolute Gasteiger partial charge is 0.485 e. The molecule has 0 aliphatic rings. The third-order valence-corrected chi connectivity index (χ3v) is 4.23. The van der Waals surface area contributed by atoms with Gasteiger partial charge in [0.15, 0.2) is 12.4 Å². The van der Waals surface area contributed by atoms with E-state index >= 15 is 0 Å². The standard InChI is InChI=1S/C18H17N7O2/c1-12-13(2)21-27-18(12)25-17(20-22-23-25)10-26-16-7-5-4-6-15(16)14(3)24-9-8-19-11-24/h4-9,11H,3,10H2,1-2H3. The molecule has 0 radical (unpaired) electrons. The Morgan fingerprint density at radius 3 is 2.85 bits per heavy atom. The van der Waals surface area contributed by atoms with Gasteiger partial charge in [0, 0.05) is 23.5 Å². The summed E-state index contributed by atoms with van der Waals surface area (Å²) in [7, 11) is 0. The number of benzene rings is 1. The summed E-state index contributed by atoms with van der Waals surface area (Å²) < 4.78 is 14.6. The maximum Gasteiger partial charge on any atom is 0.258 e. The topological polar surface area (TPSA) is 96.7 Å². The van der Waals surface area contributed by atoms with Crippen molar-refractivity contribution in [1.29, 1.82) is 0 Å². The number of rotatable bonds is 6. The van der Waals surface area contributed by atoms with Crippen LogP contribution in [-0.4, -0.2) is 34.9 Å². The van der Waals surface area contributed by atoms with Crippen LogP contribution in [0.3, 0.4) is 0 Å². The van der Waals surface area contributed by atoms with E-state index in [-0.39, 0.29) is 6.61 Å². The molecule has 27 heavy (non-hydrogen) atoms. The highest BCUT2D eigenvalue weighted by Crippen LogP contribution is 2.27. The molecule has 0 atom stereocenters. The SMILES string of the molecule is C=C(c1ccccc1OCc1nnnn1-c1onc(C)c1C)n1ccnc1. The van der Waals surface area contributed by atoms with Gasteiger partial charge in [-0.25, -0.2) is 4.98 Å². The van der Waals surface area contributed by atoms with Crippen LogP contribution in [0.25, 0.3) is 11.6 Å². The molecule has 0 amide bonds. The lowest BCUT2D eigenvalue weighted by Crippen LogP contribution is -2.08. The average molecular weight is 363 g/mol. The normalized spacial score (nSPS) is 10.9. The molecule has 3 heterocycles. The number of aryl methyl sites for hydroxylation is 1. The Morgan fingerprint density at radius 1 is 1.26 bits per heavy atom.